The lowest BCUT2D eigenvalue weighted by molar-refractivity contribution is -0.138. The minimum absolute atomic E-state index is 0.0371. The number of benzene rings is 1. The number of pyridine rings is 1. The van der Waals surface area contributed by atoms with Gasteiger partial charge in [-0.15, -0.1) is 0 Å². The molecule has 1 heterocycles. The van der Waals surface area contributed by atoms with Crippen LogP contribution in [0.5, 0.6) is 0 Å². The lowest BCUT2D eigenvalue weighted by Crippen LogP contribution is -2.15. The molecule has 1 N–H and O–H groups in total. The highest BCUT2D eigenvalue weighted by Crippen LogP contribution is 2.36. The van der Waals surface area contributed by atoms with E-state index in [1.54, 1.807) is 0 Å². The first-order chi connectivity index (χ1) is 10.2. The predicted octanol–water partition coefficient (Wildman–Crippen LogP) is 5.42. The minimum Gasteiger partial charge on any atom is -0.321 e. The van der Waals surface area contributed by atoms with Crippen molar-refractivity contribution in [3.05, 3.63) is 56.2 Å². The van der Waals surface area contributed by atoms with Gasteiger partial charge >= 0.3 is 6.18 Å². The molecule has 0 fully saturated rings. The molecule has 0 bridgehead atoms. The van der Waals surface area contributed by atoms with Crippen LogP contribution in [0.15, 0.2) is 34.8 Å². The molecule has 22 heavy (non-hydrogen) atoms. The lowest BCUT2D eigenvalue weighted by Gasteiger charge is -2.12. The van der Waals surface area contributed by atoms with Crippen molar-refractivity contribution in [3.8, 4) is 0 Å². The Hall–Kier alpha value is -1.31. The first-order valence-electron chi connectivity index (χ1n) is 5.68. The average Bonchev–Trinajstić information content (AvgIpc) is 2.42. The van der Waals surface area contributed by atoms with Gasteiger partial charge in [0.15, 0.2) is 0 Å². The Morgan fingerprint density at radius 1 is 1.18 bits per heavy atom. The number of carbonyl (C=O) groups is 1. The van der Waals surface area contributed by atoms with Gasteiger partial charge in [0.25, 0.3) is 5.91 Å². The van der Waals surface area contributed by atoms with Gasteiger partial charge in [0.2, 0.25) is 0 Å². The first-order valence-corrected chi connectivity index (χ1v) is 7.23. The van der Waals surface area contributed by atoms with E-state index < -0.39 is 17.6 Å². The normalized spacial score (nSPS) is 11.4. The molecule has 0 aliphatic rings. The molecular weight excluding hydrogens is 408 g/mol. The van der Waals surface area contributed by atoms with E-state index in [0.717, 1.165) is 6.07 Å². The highest BCUT2D eigenvalue weighted by molar-refractivity contribution is 9.10. The Labute approximate surface area is 141 Å². The number of aromatic nitrogens is 1. The molecular formula is C13H6BrCl2F3N2O. The standard InChI is InChI=1S/C13H6BrCl2F3N2O/c14-8-2-1-6(5-7(8)13(17,18)19)20-12(22)11-9(15)3-4-10(16)21-11/h1-5H,(H,20,22). The van der Waals surface area contributed by atoms with Crippen molar-refractivity contribution < 1.29 is 18.0 Å². The summed E-state index contributed by atoms with van der Waals surface area (Å²) in [5.74, 6) is -0.761. The van der Waals surface area contributed by atoms with E-state index in [0.29, 0.717) is 0 Å². The summed E-state index contributed by atoms with van der Waals surface area (Å²) in [6.45, 7) is 0. The van der Waals surface area contributed by atoms with Gasteiger partial charge in [0.1, 0.15) is 10.8 Å². The molecule has 1 aromatic carbocycles. The summed E-state index contributed by atoms with van der Waals surface area (Å²) in [5, 5.41) is 2.38. The third-order valence-corrected chi connectivity index (χ3v) is 3.76. The van der Waals surface area contributed by atoms with E-state index in [9.17, 15) is 18.0 Å². The van der Waals surface area contributed by atoms with Gasteiger partial charge in [0, 0.05) is 10.2 Å². The molecule has 0 spiro atoms. The molecule has 1 amide bonds. The molecule has 0 aliphatic carbocycles. The SMILES string of the molecule is O=C(Nc1ccc(Br)c(C(F)(F)F)c1)c1nc(Cl)ccc1Cl. The monoisotopic (exact) mass is 412 g/mol. The van der Waals surface area contributed by atoms with E-state index in [-0.39, 0.29) is 26.0 Å². The van der Waals surface area contributed by atoms with Crippen molar-refractivity contribution in [2.24, 2.45) is 0 Å². The number of amides is 1. The number of halogens is 6. The molecule has 0 aliphatic heterocycles. The number of nitrogens with one attached hydrogen (secondary N) is 1. The Morgan fingerprint density at radius 3 is 2.50 bits per heavy atom. The van der Waals surface area contributed by atoms with Crippen molar-refractivity contribution in [1.82, 2.24) is 4.98 Å². The van der Waals surface area contributed by atoms with Crippen LogP contribution in [0, 0.1) is 0 Å². The number of rotatable bonds is 2. The van der Waals surface area contributed by atoms with E-state index >= 15 is 0 Å². The number of carbonyl (C=O) groups excluding carboxylic acids is 1. The first kappa shape index (κ1) is 17.1. The average molecular weight is 414 g/mol. The van der Waals surface area contributed by atoms with Crippen molar-refractivity contribution in [3.63, 3.8) is 0 Å². The largest absolute Gasteiger partial charge is 0.417 e. The zero-order valence-corrected chi connectivity index (χ0v) is 13.6. The number of anilines is 1. The fourth-order valence-electron chi connectivity index (χ4n) is 1.59. The second-order valence-corrected chi connectivity index (χ2v) is 5.76. The smallest absolute Gasteiger partial charge is 0.321 e. The molecule has 9 heteroatoms. The fraction of sp³-hybridized carbons (Fsp3) is 0.0769. The fourth-order valence-corrected chi connectivity index (χ4v) is 2.40. The van der Waals surface area contributed by atoms with Crippen LogP contribution in [-0.4, -0.2) is 10.9 Å². The maximum Gasteiger partial charge on any atom is 0.417 e. The summed E-state index contributed by atoms with van der Waals surface area (Å²) in [4.78, 5) is 15.8. The van der Waals surface area contributed by atoms with Gasteiger partial charge in [-0.1, -0.05) is 39.1 Å². The van der Waals surface area contributed by atoms with Gasteiger partial charge in [0.05, 0.1) is 10.6 Å². The van der Waals surface area contributed by atoms with Gasteiger partial charge < -0.3 is 5.32 Å². The second-order valence-electron chi connectivity index (χ2n) is 4.11. The van der Waals surface area contributed by atoms with Crippen molar-refractivity contribution in [2.75, 3.05) is 5.32 Å². The summed E-state index contributed by atoms with van der Waals surface area (Å²) in [7, 11) is 0. The van der Waals surface area contributed by atoms with Crippen LogP contribution in [0.3, 0.4) is 0 Å². The molecule has 2 aromatic rings. The highest BCUT2D eigenvalue weighted by Gasteiger charge is 2.33. The Balaban J connectivity index is 2.31. The molecule has 3 nitrogen and oxygen atoms in total. The lowest BCUT2D eigenvalue weighted by atomic mass is 10.2. The zero-order valence-electron chi connectivity index (χ0n) is 10.5. The van der Waals surface area contributed by atoms with Crippen LogP contribution in [0.2, 0.25) is 10.2 Å². The summed E-state index contributed by atoms with van der Waals surface area (Å²) in [5.41, 5.74) is -1.13. The summed E-state index contributed by atoms with van der Waals surface area (Å²) < 4.78 is 38.3. The molecule has 0 saturated carbocycles. The van der Waals surface area contributed by atoms with Gasteiger partial charge in [-0.05, 0) is 30.3 Å². The minimum atomic E-state index is -4.55. The van der Waals surface area contributed by atoms with Crippen molar-refractivity contribution in [2.45, 2.75) is 6.18 Å². The molecule has 0 radical (unpaired) electrons. The van der Waals surface area contributed by atoms with Crippen molar-refractivity contribution in [1.29, 1.82) is 0 Å². The zero-order chi connectivity index (χ0) is 16.5. The predicted molar refractivity (Wildman–Crippen MR) is 81.4 cm³/mol. The molecule has 0 unspecified atom stereocenters. The number of hydrogen-bond donors (Lipinski definition) is 1. The quantitative estimate of drug-likeness (QED) is 0.667. The van der Waals surface area contributed by atoms with Gasteiger partial charge in [-0.3, -0.25) is 4.79 Å². The van der Waals surface area contributed by atoms with E-state index in [1.165, 1.54) is 24.3 Å². The van der Waals surface area contributed by atoms with Crippen molar-refractivity contribution >= 4 is 50.7 Å². The van der Waals surface area contributed by atoms with Gasteiger partial charge in [-0.25, -0.2) is 4.98 Å². The third kappa shape index (κ3) is 3.91. The number of hydrogen-bond acceptors (Lipinski definition) is 2. The summed E-state index contributed by atoms with van der Waals surface area (Å²) >= 11 is 14.3. The van der Waals surface area contributed by atoms with Gasteiger partial charge in [-0.2, -0.15) is 13.2 Å². The van der Waals surface area contributed by atoms with Crippen LogP contribution >= 0.6 is 39.1 Å². The highest BCUT2D eigenvalue weighted by atomic mass is 79.9. The topological polar surface area (TPSA) is 42.0 Å². The Morgan fingerprint density at radius 2 is 1.86 bits per heavy atom. The van der Waals surface area contributed by atoms with Crippen LogP contribution in [0.4, 0.5) is 18.9 Å². The van der Waals surface area contributed by atoms with Crippen LogP contribution in [0.25, 0.3) is 0 Å². The van der Waals surface area contributed by atoms with E-state index in [1.807, 2.05) is 0 Å². The summed E-state index contributed by atoms with van der Waals surface area (Å²) in [6.07, 6.45) is -4.55. The number of alkyl halides is 3. The number of nitrogens with zero attached hydrogens (tertiary/aromatic N) is 1. The van der Waals surface area contributed by atoms with Crippen LogP contribution < -0.4 is 5.32 Å². The Kier molecular flexibility index (Phi) is 4.99. The van der Waals surface area contributed by atoms with E-state index in [4.69, 9.17) is 23.2 Å². The molecule has 0 saturated heterocycles. The molecule has 116 valence electrons. The van der Waals surface area contributed by atoms with Crippen LogP contribution in [0.1, 0.15) is 16.1 Å². The maximum atomic E-state index is 12.8. The molecule has 1 aromatic heterocycles. The Bertz CT molecular complexity index is 738. The van der Waals surface area contributed by atoms with Crippen LogP contribution in [-0.2, 0) is 6.18 Å². The molecule has 2 rings (SSSR count). The van der Waals surface area contributed by atoms with E-state index in [2.05, 4.69) is 26.2 Å². The molecule has 0 atom stereocenters. The summed E-state index contributed by atoms with van der Waals surface area (Å²) in [6, 6.07) is 6.07. The maximum absolute atomic E-state index is 12.8. The third-order valence-electron chi connectivity index (χ3n) is 2.56. The second kappa shape index (κ2) is 6.44.